The molecule has 0 bridgehead atoms. The van der Waals surface area contributed by atoms with Gasteiger partial charge in [0.1, 0.15) is 5.01 Å². The summed E-state index contributed by atoms with van der Waals surface area (Å²) in [5.41, 5.74) is 1.27. The molecule has 0 spiro atoms. The Balaban J connectivity index is 1.87. The molecule has 0 radical (unpaired) electrons. The minimum Gasteiger partial charge on any atom is -0.308 e. The van der Waals surface area contributed by atoms with Gasteiger partial charge in [0.25, 0.3) is 0 Å². The maximum Gasteiger partial charge on any atom is 0.110 e. The van der Waals surface area contributed by atoms with Crippen molar-refractivity contribution in [1.29, 1.82) is 0 Å². The average Bonchev–Trinajstić information content (AvgIpc) is 3.01. The Hall–Kier alpha value is -1.19. The van der Waals surface area contributed by atoms with Crippen molar-refractivity contribution in [2.24, 2.45) is 0 Å². The molecule has 82 valence electrons. The number of hydrogen-bond acceptors (Lipinski definition) is 3. The molecule has 2 heterocycles. The molecule has 1 atom stereocenters. The number of nitrogens with one attached hydrogen (secondary N) is 1. The molecule has 0 amide bonds. The molecule has 1 aromatic carbocycles. The normalized spacial score (nSPS) is 20.1. The molecule has 1 N–H and O–H groups in total. The lowest BCUT2D eigenvalue weighted by atomic mass is 10.2. The first kappa shape index (κ1) is 10.00. The van der Waals surface area contributed by atoms with E-state index in [0.29, 0.717) is 6.04 Å². The summed E-state index contributed by atoms with van der Waals surface area (Å²) in [7, 11) is 0. The van der Waals surface area contributed by atoms with Crippen LogP contribution in [-0.2, 0) is 0 Å². The Kier molecular flexibility index (Phi) is 2.72. The molecule has 0 saturated carbocycles. The van der Waals surface area contributed by atoms with Gasteiger partial charge in [0.15, 0.2) is 0 Å². The topological polar surface area (TPSA) is 24.9 Å². The first-order valence-electron chi connectivity index (χ1n) is 5.68. The van der Waals surface area contributed by atoms with Gasteiger partial charge in [-0.25, -0.2) is 4.98 Å². The summed E-state index contributed by atoms with van der Waals surface area (Å²) in [5.74, 6) is 0. The number of nitrogens with zero attached hydrogens (tertiary/aromatic N) is 1. The van der Waals surface area contributed by atoms with E-state index in [1.807, 2.05) is 23.6 Å². The van der Waals surface area contributed by atoms with Gasteiger partial charge in [0.05, 0.1) is 10.9 Å². The molecule has 3 heteroatoms. The van der Waals surface area contributed by atoms with Gasteiger partial charge in [0, 0.05) is 6.20 Å². The summed E-state index contributed by atoms with van der Waals surface area (Å²) in [6.07, 6.45) is 4.49. The molecular weight excluding hydrogens is 216 g/mol. The number of rotatable bonds is 2. The second-order valence-corrected chi connectivity index (χ2v) is 5.14. The van der Waals surface area contributed by atoms with E-state index in [-0.39, 0.29) is 0 Å². The molecule has 0 unspecified atom stereocenters. The highest BCUT2D eigenvalue weighted by atomic mass is 32.1. The number of hydrogen-bond donors (Lipinski definition) is 1. The van der Waals surface area contributed by atoms with Gasteiger partial charge in [-0.1, -0.05) is 30.3 Å². The van der Waals surface area contributed by atoms with Crippen LogP contribution in [-0.4, -0.2) is 11.5 Å². The minimum atomic E-state index is 0.488. The lowest BCUT2D eigenvalue weighted by Gasteiger charge is -2.04. The van der Waals surface area contributed by atoms with Crippen molar-refractivity contribution in [3.05, 3.63) is 41.5 Å². The third-order valence-corrected chi connectivity index (χ3v) is 4.10. The highest BCUT2D eigenvalue weighted by molar-refractivity contribution is 7.15. The molecule has 2 nitrogen and oxygen atoms in total. The Morgan fingerprint density at radius 3 is 2.88 bits per heavy atom. The maximum absolute atomic E-state index is 4.53. The Bertz CT molecular complexity index is 458. The molecule has 16 heavy (non-hydrogen) atoms. The summed E-state index contributed by atoms with van der Waals surface area (Å²) in [6.45, 7) is 1.13. The fourth-order valence-corrected chi connectivity index (χ4v) is 3.11. The van der Waals surface area contributed by atoms with E-state index >= 15 is 0 Å². The van der Waals surface area contributed by atoms with Crippen LogP contribution in [0.25, 0.3) is 10.4 Å². The summed E-state index contributed by atoms with van der Waals surface area (Å²) in [4.78, 5) is 5.80. The fourth-order valence-electron chi connectivity index (χ4n) is 2.08. The molecule has 1 aromatic heterocycles. The highest BCUT2D eigenvalue weighted by Crippen LogP contribution is 2.32. The molecule has 1 aliphatic rings. The summed E-state index contributed by atoms with van der Waals surface area (Å²) < 4.78 is 0. The third-order valence-electron chi connectivity index (χ3n) is 2.94. The fraction of sp³-hybridized carbons (Fsp3) is 0.308. The largest absolute Gasteiger partial charge is 0.308 e. The Morgan fingerprint density at radius 1 is 1.25 bits per heavy atom. The van der Waals surface area contributed by atoms with Crippen molar-refractivity contribution in [2.75, 3.05) is 6.54 Å². The smallest absolute Gasteiger partial charge is 0.110 e. The lowest BCUT2D eigenvalue weighted by Crippen LogP contribution is -2.12. The molecule has 1 saturated heterocycles. The minimum absolute atomic E-state index is 0.488. The maximum atomic E-state index is 4.53. The molecule has 2 aromatic rings. The van der Waals surface area contributed by atoms with E-state index in [9.17, 15) is 0 Å². The van der Waals surface area contributed by atoms with Crippen LogP contribution in [0.2, 0.25) is 0 Å². The van der Waals surface area contributed by atoms with Crippen LogP contribution in [0.5, 0.6) is 0 Å². The van der Waals surface area contributed by atoms with Gasteiger partial charge >= 0.3 is 0 Å². The van der Waals surface area contributed by atoms with Gasteiger partial charge in [-0.05, 0) is 24.9 Å². The van der Waals surface area contributed by atoms with Gasteiger partial charge in [-0.2, -0.15) is 0 Å². The van der Waals surface area contributed by atoms with Gasteiger partial charge in [-0.3, -0.25) is 0 Å². The van der Waals surface area contributed by atoms with E-state index in [1.165, 1.54) is 28.3 Å². The zero-order valence-corrected chi connectivity index (χ0v) is 9.83. The van der Waals surface area contributed by atoms with E-state index in [1.54, 1.807) is 0 Å². The van der Waals surface area contributed by atoms with Crippen molar-refractivity contribution in [3.63, 3.8) is 0 Å². The predicted molar refractivity (Wildman–Crippen MR) is 67.5 cm³/mol. The van der Waals surface area contributed by atoms with Gasteiger partial charge in [0.2, 0.25) is 0 Å². The second-order valence-electron chi connectivity index (χ2n) is 4.08. The van der Waals surface area contributed by atoms with Crippen LogP contribution >= 0.6 is 11.3 Å². The molecule has 3 rings (SSSR count). The summed E-state index contributed by atoms with van der Waals surface area (Å²) in [6, 6.07) is 11.0. The monoisotopic (exact) mass is 230 g/mol. The predicted octanol–water partition coefficient (Wildman–Crippen LogP) is 3.23. The quantitative estimate of drug-likeness (QED) is 0.856. The molecule has 1 aliphatic heterocycles. The van der Waals surface area contributed by atoms with Crippen LogP contribution in [0.3, 0.4) is 0 Å². The molecular formula is C13H14N2S. The van der Waals surface area contributed by atoms with E-state index in [2.05, 4.69) is 34.6 Å². The second kappa shape index (κ2) is 4.36. The number of benzene rings is 1. The van der Waals surface area contributed by atoms with Crippen LogP contribution in [0.1, 0.15) is 23.9 Å². The molecule has 1 fully saturated rings. The zero-order chi connectivity index (χ0) is 10.8. The van der Waals surface area contributed by atoms with Crippen molar-refractivity contribution >= 4 is 11.3 Å². The Labute approximate surface area is 99.4 Å². The number of thiazole rings is 1. The van der Waals surface area contributed by atoms with Crippen LogP contribution < -0.4 is 5.32 Å². The summed E-state index contributed by atoms with van der Waals surface area (Å²) in [5, 5.41) is 4.72. The van der Waals surface area contributed by atoms with Crippen LogP contribution in [0, 0.1) is 0 Å². The van der Waals surface area contributed by atoms with Crippen LogP contribution in [0.4, 0.5) is 0 Å². The van der Waals surface area contributed by atoms with Crippen molar-refractivity contribution < 1.29 is 0 Å². The van der Waals surface area contributed by atoms with E-state index < -0.39 is 0 Å². The SMILES string of the molecule is c1ccc(-c2cnc([C@@H]3CCCN3)s2)cc1. The molecule has 0 aliphatic carbocycles. The third kappa shape index (κ3) is 1.88. The highest BCUT2D eigenvalue weighted by Gasteiger charge is 2.19. The van der Waals surface area contributed by atoms with E-state index in [0.717, 1.165) is 6.54 Å². The van der Waals surface area contributed by atoms with Gasteiger partial charge in [-0.15, -0.1) is 11.3 Å². The standard InChI is InChI=1S/C13H14N2S/c1-2-5-10(6-3-1)12-9-15-13(16-12)11-7-4-8-14-11/h1-3,5-6,9,11,14H,4,7-8H2/t11-/m0/s1. The van der Waals surface area contributed by atoms with Crippen molar-refractivity contribution in [2.45, 2.75) is 18.9 Å². The zero-order valence-electron chi connectivity index (χ0n) is 9.02. The summed E-state index contributed by atoms with van der Waals surface area (Å²) >= 11 is 1.81. The first-order valence-corrected chi connectivity index (χ1v) is 6.50. The first-order chi connectivity index (χ1) is 7.93. The van der Waals surface area contributed by atoms with E-state index in [4.69, 9.17) is 0 Å². The Morgan fingerprint density at radius 2 is 2.12 bits per heavy atom. The lowest BCUT2D eigenvalue weighted by molar-refractivity contribution is 0.643. The van der Waals surface area contributed by atoms with Crippen LogP contribution in [0.15, 0.2) is 36.5 Å². The average molecular weight is 230 g/mol. The van der Waals surface area contributed by atoms with Crippen molar-refractivity contribution in [1.82, 2.24) is 10.3 Å². The number of aromatic nitrogens is 1. The van der Waals surface area contributed by atoms with Gasteiger partial charge < -0.3 is 5.32 Å². The van der Waals surface area contributed by atoms with Crippen molar-refractivity contribution in [3.8, 4) is 10.4 Å².